The van der Waals surface area contributed by atoms with Crippen molar-refractivity contribution in [1.29, 1.82) is 0 Å². The van der Waals surface area contributed by atoms with Crippen molar-refractivity contribution in [2.45, 2.75) is 33.3 Å². The SMILES string of the molecule is Cc1c(Br)cccc1OCC=NC(=O)OC(C)(C)C. The highest BCUT2D eigenvalue weighted by Crippen LogP contribution is 2.25. The summed E-state index contributed by atoms with van der Waals surface area (Å²) in [5.74, 6) is 0.755. The molecule has 0 atom stereocenters. The van der Waals surface area contributed by atoms with Gasteiger partial charge in [0.2, 0.25) is 0 Å². The molecule has 1 rings (SSSR count). The lowest BCUT2D eigenvalue weighted by Gasteiger charge is -2.17. The minimum atomic E-state index is -0.609. The van der Waals surface area contributed by atoms with Gasteiger partial charge >= 0.3 is 6.09 Å². The van der Waals surface area contributed by atoms with Crippen molar-refractivity contribution in [3.05, 3.63) is 28.2 Å². The van der Waals surface area contributed by atoms with E-state index in [9.17, 15) is 4.79 Å². The molecule has 0 saturated heterocycles. The molecule has 5 heteroatoms. The Morgan fingerprint density at radius 2 is 2.11 bits per heavy atom. The second kappa shape index (κ2) is 6.70. The fourth-order valence-electron chi connectivity index (χ4n) is 1.27. The average molecular weight is 328 g/mol. The molecule has 0 fully saturated rings. The van der Waals surface area contributed by atoms with E-state index in [1.807, 2.05) is 25.1 Å². The van der Waals surface area contributed by atoms with E-state index in [0.717, 1.165) is 15.8 Å². The van der Waals surface area contributed by atoms with Crippen LogP contribution in [0, 0.1) is 6.92 Å². The number of aliphatic imine (C=N–C) groups is 1. The summed E-state index contributed by atoms with van der Waals surface area (Å²) in [6, 6.07) is 5.69. The lowest BCUT2D eigenvalue weighted by molar-refractivity contribution is 0.0604. The number of amides is 1. The number of hydrogen-bond donors (Lipinski definition) is 0. The third kappa shape index (κ3) is 5.87. The minimum Gasteiger partial charge on any atom is -0.488 e. The van der Waals surface area contributed by atoms with Crippen LogP contribution < -0.4 is 4.74 Å². The molecule has 0 heterocycles. The van der Waals surface area contributed by atoms with E-state index in [0.29, 0.717) is 0 Å². The zero-order valence-electron chi connectivity index (χ0n) is 11.6. The summed E-state index contributed by atoms with van der Waals surface area (Å²) in [7, 11) is 0. The molecule has 1 aromatic rings. The molecule has 0 bridgehead atoms. The monoisotopic (exact) mass is 327 g/mol. The van der Waals surface area contributed by atoms with Crippen molar-refractivity contribution in [3.63, 3.8) is 0 Å². The van der Waals surface area contributed by atoms with Gasteiger partial charge in [0.1, 0.15) is 18.0 Å². The number of rotatable bonds is 3. The van der Waals surface area contributed by atoms with E-state index in [1.165, 1.54) is 6.21 Å². The van der Waals surface area contributed by atoms with Crippen LogP contribution in [0.3, 0.4) is 0 Å². The van der Waals surface area contributed by atoms with Gasteiger partial charge in [0.25, 0.3) is 0 Å². The Morgan fingerprint density at radius 1 is 1.42 bits per heavy atom. The van der Waals surface area contributed by atoms with Gasteiger partial charge in [0, 0.05) is 16.3 Å². The minimum absolute atomic E-state index is 0.219. The van der Waals surface area contributed by atoms with Crippen molar-refractivity contribution >= 4 is 28.2 Å². The summed E-state index contributed by atoms with van der Waals surface area (Å²) in [5.41, 5.74) is 0.476. The highest BCUT2D eigenvalue weighted by molar-refractivity contribution is 9.10. The first-order chi connectivity index (χ1) is 8.79. The van der Waals surface area contributed by atoms with Gasteiger partial charge in [0.05, 0.1) is 0 Å². The molecule has 0 saturated carbocycles. The molecule has 0 aliphatic carbocycles. The van der Waals surface area contributed by atoms with Crippen LogP contribution in [0.4, 0.5) is 4.79 Å². The molecule has 0 spiro atoms. The average Bonchev–Trinajstić information content (AvgIpc) is 2.27. The van der Waals surface area contributed by atoms with Gasteiger partial charge in [-0.15, -0.1) is 0 Å². The van der Waals surface area contributed by atoms with E-state index in [1.54, 1.807) is 20.8 Å². The van der Waals surface area contributed by atoms with Crippen molar-refractivity contribution in [3.8, 4) is 5.75 Å². The Bertz CT molecular complexity index is 478. The number of nitrogens with zero attached hydrogens (tertiary/aromatic N) is 1. The Hall–Kier alpha value is -1.36. The normalized spacial score (nSPS) is 11.6. The fourth-order valence-corrected chi connectivity index (χ4v) is 1.62. The zero-order valence-corrected chi connectivity index (χ0v) is 13.2. The molecule has 4 nitrogen and oxygen atoms in total. The van der Waals surface area contributed by atoms with Crippen LogP contribution in [0.15, 0.2) is 27.7 Å². The van der Waals surface area contributed by atoms with Crippen LogP contribution in [0.5, 0.6) is 5.75 Å². The van der Waals surface area contributed by atoms with E-state index < -0.39 is 11.7 Å². The molecule has 104 valence electrons. The Kier molecular flexibility index (Phi) is 5.54. The number of benzene rings is 1. The molecule has 0 unspecified atom stereocenters. The van der Waals surface area contributed by atoms with Crippen LogP contribution in [0.1, 0.15) is 26.3 Å². The van der Waals surface area contributed by atoms with E-state index in [-0.39, 0.29) is 6.61 Å². The standard InChI is InChI=1S/C14H18BrNO3/c1-10-11(15)6-5-7-12(10)18-9-8-16-13(17)19-14(2,3)4/h5-8H,9H2,1-4H3. The molecule has 1 amide bonds. The first kappa shape index (κ1) is 15.7. The second-order valence-electron chi connectivity index (χ2n) is 4.97. The van der Waals surface area contributed by atoms with Gasteiger partial charge in [-0.1, -0.05) is 22.0 Å². The van der Waals surface area contributed by atoms with Gasteiger partial charge in [0.15, 0.2) is 0 Å². The lowest BCUT2D eigenvalue weighted by atomic mass is 10.2. The van der Waals surface area contributed by atoms with Crippen LogP contribution in [0.25, 0.3) is 0 Å². The predicted molar refractivity (Wildman–Crippen MR) is 79.1 cm³/mol. The highest BCUT2D eigenvalue weighted by Gasteiger charge is 2.14. The van der Waals surface area contributed by atoms with E-state index in [4.69, 9.17) is 9.47 Å². The summed E-state index contributed by atoms with van der Waals surface area (Å²) in [6.45, 7) is 7.55. The Morgan fingerprint density at radius 3 is 2.74 bits per heavy atom. The van der Waals surface area contributed by atoms with Crippen molar-refractivity contribution in [2.75, 3.05) is 6.61 Å². The molecule has 0 radical (unpaired) electrons. The third-order valence-electron chi connectivity index (χ3n) is 2.12. The number of carbonyl (C=O) groups is 1. The summed E-state index contributed by atoms with van der Waals surface area (Å²) in [5, 5.41) is 0. The first-order valence-corrected chi connectivity index (χ1v) is 6.72. The number of carbonyl (C=O) groups excluding carboxylic acids is 1. The van der Waals surface area contributed by atoms with Gasteiger partial charge in [-0.25, -0.2) is 4.79 Å². The molecule has 0 aromatic heterocycles. The van der Waals surface area contributed by atoms with Gasteiger partial charge < -0.3 is 9.47 Å². The molecule has 19 heavy (non-hydrogen) atoms. The smallest absolute Gasteiger partial charge is 0.433 e. The van der Waals surface area contributed by atoms with Gasteiger partial charge in [-0.2, -0.15) is 4.99 Å². The van der Waals surface area contributed by atoms with Crippen molar-refractivity contribution in [1.82, 2.24) is 0 Å². The lowest BCUT2D eigenvalue weighted by Crippen LogP contribution is -2.22. The maximum Gasteiger partial charge on any atom is 0.433 e. The predicted octanol–water partition coefficient (Wildman–Crippen LogP) is 4.14. The molecule has 0 N–H and O–H groups in total. The molecule has 0 aliphatic heterocycles. The fraction of sp³-hybridized carbons (Fsp3) is 0.429. The van der Waals surface area contributed by atoms with E-state index in [2.05, 4.69) is 20.9 Å². The van der Waals surface area contributed by atoms with Crippen molar-refractivity contribution < 1.29 is 14.3 Å². The summed E-state index contributed by atoms with van der Waals surface area (Å²) < 4.78 is 11.5. The Balaban J connectivity index is 2.46. The third-order valence-corrected chi connectivity index (χ3v) is 2.98. The van der Waals surface area contributed by atoms with Gasteiger partial charge in [-0.3, -0.25) is 0 Å². The highest BCUT2D eigenvalue weighted by atomic mass is 79.9. The van der Waals surface area contributed by atoms with Crippen LogP contribution in [-0.2, 0) is 4.74 Å². The van der Waals surface area contributed by atoms with Gasteiger partial charge in [-0.05, 0) is 39.8 Å². The largest absolute Gasteiger partial charge is 0.488 e. The summed E-state index contributed by atoms with van der Waals surface area (Å²) >= 11 is 3.42. The molecular formula is C14H18BrNO3. The number of halogens is 1. The Labute approximate surface area is 122 Å². The maximum atomic E-state index is 11.3. The van der Waals surface area contributed by atoms with Crippen LogP contribution >= 0.6 is 15.9 Å². The first-order valence-electron chi connectivity index (χ1n) is 5.93. The molecule has 0 aliphatic rings. The van der Waals surface area contributed by atoms with Crippen molar-refractivity contribution in [2.24, 2.45) is 4.99 Å². The summed E-state index contributed by atoms with van der Waals surface area (Å²) in [6.07, 6.45) is 0.788. The maximum absolute atomic E-state index is 11.3. The van der Waals surface area contributed by atoms with Crippen LogP contribution in [-0.4, -0.2) is 24.5 Å². The quantitative estimate of drug-likeness (QED) is 0.784. The number of hydrogen-bond acceptors (Lipinski definition) is 3. The topological polar surface area (TPSA) is 47.9 Å². The summed E-state index contributed by atoms with van der Waals surface area (Å²) in [4.78, 5) is 15.0. The molecular weight excluding hydrogens is 310 g/mol. The zero-order chi connectivity index (χ0) is 14.5. The second-order valence-corrected chi connectivity index (χ2v) is 5.82. The molecule has 1 aromatic carbocycles. The van der Waals surface area contributed by atoms with E-state index >= 15 is 0 Å². The van der Waals surface area contributed by atoms with Crippen LogP contribution in [0.2, 0.25) is 0 Å². The number of ether oxygens (including phenoxy) is 2.